The van der Waals surface area contributed by atoms with Crippen LogP contribution in [0.1, 0.15) is 26.2 Å². The number of carbonyl (C=O) groups is 2. The maximum absolute atomic E-state index is 12.2. The second kappa shape index (κ2) is 7.02. The third-order valence-corrected chi connectivity index (χ3v) is 3.21. The van der Waals surface area contributed by atoms with E-state index in [1.165, 1.54) is 4.90 Å². The molecule has 1 rings (SSSR count). The number of piperidine rings is 1. The van der Waals surface area contributed by atoms with Gasteiger partial charge in [-0.1, -0.05) is 5.92 Å². The van der Waals surface area contributed by atoms with Crippen LogP contribution in [0.5, 0.6) is 0 Å². The Kier molecular flexibility index (Phi) is 5.66. The Morgan fingerprint density at radius 1 is 1.39 bits per heavy atom. The molecule has 1 aliphatic heterocycles. The van der Waals surface area contributed by atoms with Crippen molar-refractivity contribution in [3.05, 3.63) is 0 Å². The van der Waals surface area contributed by atoms with Crippen LogP contribution < -0.4 is 0 Å². The molecular formula is C13H20N2O3. The minimum Gasteiger partial charge on any atom is -0.480 e. The number of carbonyl (C=O) groups excluding carboxylic acids is 1. The normalized spacial score (nSPS) is 17.3. The predicted octanol–water partition coefficient (Wildman–Crippen LogP) is 0.407. The van der Waals surface area contributed by atoms with Gasteiger partial charge in [0.15, 0.2) is 0 Å². The molecule has 0 aromatic rings. The van der Waals surface area contributed by atoms with Crippen molar-refractivity contribution in [3.8, 4) is 12.3 Å². The van der Waals surface area contributed by atoms with Crippen LogP contribution in [0.15, 0.2) is 0 Å². The van der Waals surface area contributed by atoms with E-state index in [4.69, 9.17) is 11.5 Å². The van der Waals surface area contributed by atoms with Gasteiger partial charge < -0.3 is 10.0 Å². The number of rotatable bonds is 5. The monoisotopic (exact) mass is 252 g/mol. The Hall–Kier alpha value is -1.54. The van der Waals surface area contributed by atoms with Crippen molar-refractivity contribution in [2.45, 2.75) is 32.2 Å². The number of terminal acetylenes is 1. The maximum Gasteiger partial charge on any atom is 0.317 e. The molecule has 1 fully saturated rings. The molecule has 0 spiro atoms. The van der Waals surface area contributed by atoms with Crippen LogP contribution in [0.2, 0.25) is 0 Å². The van der Waals surface area contributed by atoms with Gasteiger partial charge >= 0.3 is 5.97 Å². The first-order valence-electron chi connectivity index (χ1n) is 6.24. The van der Waals surface area contributed by atoms with Crippen molar-refractivity contribution < 1.29 is 14.7 Å². The lowest BCUT2D eigenvalue weighted by molar-refractivity contribution is -0.142. The van der Waals surface area contributed by atoms with Gasteiger partial charge in [-0.3, -0.25) is 14.5 Å². The summed E-state index contributed by atoms with van der Waals surface area (Å²) in [4.78, 5) is 26.3. The van der Waals surface area contributed by atoms with Gasteiger partial charge in [0.25, 0.3) is 0 Å². The summed E-state index contributed by atoms with van der Waals surface area (Å²) in [7, 11) is 0. The largest absolute Gasteiger partial charge is 0.480 e. The molecule has 100 valence electrons. The molecule has 0 saturated carbocycles. The van der Waals surface area contributed by atoms with E-state index < -0.39 is 12.0 Å². The van der Waals surface area contributed by atoms with Crippen LogP contribution in [-0.2, 0) is 9.59 Å². The summed E-state index contributed by atoms with van der Waals surface area (Å²) in [5.41, 5.74) is 0. The fourth-order valence-electron chi connectivity index (χ4n) is 2.16. The lowest BCUT2D eigenvalue weighted by Crippen LogP contribution is -2.50. The predicted molar refractivity (Wildman–Crippen MR) is 67.9 cm³/mol. The van der Waals surface area contributed by atoms with E-state index in [1.807, 2.05) is 0 Å². The highest BCUT2D eigenvalue weighted by molar-refractivity contribution is 5.82. The third kappa shape index (κ3) is 4.04. The summed E-state index contributed by atoms with van der Waals surface area (Å²) in [6.45, 7) is 3.22. The van der Waals surface area contributed by atoms with Crippen molar-refractivity contribution in [1.29, 1.82) is 0 Å². The summed E-state index contributed by atoms with van der Waals surface area (Å²) in [6.07, 6.45) is 8.41. The summed E-state index contributed by atoms with van der Waals surface area (Å²) < 4.78 is 0. The molecule has 1 atom stereocenters. The lowest BCUT2D eigenvalue weighted by Gasteiger charge is -2.33. The fourth-order valence-corrected chi connectivity index (χ4v) is 2.16. The average Bonchev–Trinajstić information content (AvgIpc) is 2.37. The number of aliphatic carboxylic acids is 1. The number of carboxylic acids is 1. The van der Waals surface area contributed by atoms with Crippen LogP contribution >= 0.6 is 0 Å². The van der Waals surface area contributed by atoms with Gasteiger partial charge in [-0.15, -0.1) is 6.42 Å². The number of hydrogen-bond donors (Lipinski definition) is 1. The first-order valence-corrected chi connectivity index (χ1v) is 6.24. The van der Waals surface area contributed by atoms with Gasteiger partial charge in [0, 0.05) is 13.1 Å². The summed E-state index contributed by atoms with van der Waals surface area (Å²) >= 11 is 0. The minimum atomic E-state index is -0.969. The quantitative estimate of drug-likeness (QED) is 0.720. The Bertz CT molecular complexity index is 343. The molecule has 5 heteroatoms. The zero-order chi connectivity index (χ0) is 13.5. The molecule has 0 radical (unpaired) electrons. The molecule has 5 nitrogen and oxygen atoms in total. The minimum absolute atomic E-state index is 0.0220. The number of nitrogens with zero attached hydrogens (tertiary/aromatic N) is 2. The van der Waals surface area contributed by atoms with Gasteiger partial charge in [-0.2, -0.15) is 0 Å². The molecule has 0 aromatic heterocycles. The van der Waals surface area contributed by atoms with Crippen LogP contribution in [-0.4, -0.2) is 59.0 Å². The van der Waals surface area contributed by atoms with E-state index in [9.17, 15) is 9.59 Å². The van der Waals surface area contributed by atoms with Crippen molar-refractivity contribution in [1.82, 2.24) is 9.80 Å². The highest BCUT2D eigenvalue weighted by Gasteiger charge is 2.27. The molecule has 0 aromatic carbocycles. The maximum atomic E-state index is 12.2. The van der Waals surface area contributed by atoms with E-state index in [0.717, 1.165) is 32.4 Å². The summed E-state index contributed by atoms with van der Waals surface area (Å²) in [5.74, 6) is 1.41. The Labute approximate surface area is 108 Å². The zero-order valence-electron chi connectivity index (χ0n) is 10.8. The van der Waals surface area contributed by atoms with E-state index in [2.05, 4.69) is 5.92 Å². The van der Waals surface area contributed by atoms with Gasteiger partial charge in [0.1, 0.15) is 0 Å². The summed E-state index contributed by atoms with van der Waals surface area (Å²) in [5, 5.41) is 8.82. The molecular weight excluding hydrogens is 232 g/mol. The van der Waals surface area contributed by atoms with Gasteiger partial charge in [0.2, 0.25) is 5.91 Å². The van der Waals surface area contributed by atoms with Crippen LogP contribution in [0.3, 0.4) is 0 Å². The van der Waals surface area contributed by atoms with E-state index in [0.29, 0.717) is 0 Å². The number of hydrogen-bond acceptors (Lipinski definition) is 3. The third-order valence-electron chi connectivity index (χ3n) is 3.21. The standard InChI is InChI=1S/C13H20N2O3/c1-3-7-15(10-12(16)17)11(2)13(18)14-8-5-4-6-9-14/h1,11H,4-10H2,2H3,(H,16,17). The average molecular weight is 252 g/mol. The Morgan fingerprint density at radius 3 is 2.50 bits per heavy atom. The van der Waals surface area contributed by atoms with Crippen LogP contribution in [0.4, 0.5) is 0 Å². The second-order valence-corrected chi connectivity index (χ2v) is 4.56. The van der Waals surface area contributed by atoms with Crippen LogP contribution in [0, 0.1) is 12.3 Å². The topological polar surface area (TPSA) is 60.9 Å². The molecule has 1 amide bonds. The van der Waals surface area contributed by atoms with Crippen LogP contribution in [0.25, 0.3) is 0 Å². The number of likely N-dealkylation sites (tertiary alicyclic amines) is 1. The Morgan fingerprint density at radius 2 is 2.00 bits per heavy atom. The summed E-state index contributed by atoms with van der Waals surface area (Å²) in [6, 6.07) is -0.477. The second-order valence-electron chi connectivity index (χ2n) is 4.56. The lowest BCUT2D eigenvalue weighted by atomic mass is 10.1. The molecule has 1 unspecified atom stereocenters. The number of amides is 1. The molecule has 18 heavy (non-hydrogen) atoms. The Balaban J connectivity index is 2.62. The van der Waals surface area contributed by atoms with E-state index in [1.54, 1.807) is 11.8 Å². The van der Waals surface area contributed by atoms with Gasteiger partial charge in [-0.05, 0) is 26.2 Å². The van der Waals surface area contributed by atoms with Crippen molar-refractivity contribution in [2.75, 3.05) is 26.2 Å². The zero-order valence-corrected chi connectivity index (χ0v) is 10.8. The molecule has 1 N–H and O–H groups in total. The smallest absolute Gasteiger partial charge is 0.317 e. The van der Waals surface area contributed by atoms with Gasteiger partial charge in [-0.25, -0.2) is 0 Å². The molecule has 1 heterocycles. The highest BCUT2D eigenvalue weighted by Crippen LogP contribution is 2.12. The first kappa shape index (κ1) is 14.5. The first-order chi connectivity index (χ1) is 8.56. The molecule has 0 aliphatic carbocycles. The van der Waals surface area contributed by atoms with Gasteiger partial charge in [0.05, 0.1) is 19.1 Å². The van der Waals surface area contributed by atoms with E-state index >= 15 is 0 Å². The van der Waals surface area contributed by atoms with Crippen molar-refractivity contribution in [3.63, 3.8) is 0 Å². The van der Waals surface area contributed by atoms with E-state index in [-0.39, 0.29) is 19.0 Å². The molecule has 0 bridgehead atoms. The molecule has 1 aliphatic rings. The SMILES string of the molecule is C#CCN(CC(=O)O)C(C)C(=O)N1CCCCC1. The highest BCUT2D eigenvalue weighted by atomic mass is 16.4. The molecule has 1 saturated heterocycles. The fraction of sp³-hybridized carbons (Fsp3) is 0.692. The van der Waals surface area contributed by atoms with Crippen molar-refractivity contribution >= 4 is 11.9 Å². The number of carboxylic acid groups (broad SMARTS) is 1. The van der Waals surface area contributed by atoms with Crippen molar-refractivity contribution in [2.24, 2.45) is 0 Å².